The van der Waals surface area contributed by atoms with E-state index < -0.39 is 10.0 Å². The second-order valence-electron chi connectivity index (χ2n) is 6.96. The quantitative estimate of drug-likeness (QED) is 0.771. The van der Waals surface area contributed by atoms with Gasteiger partial charge in [-0.1, -0.05) is 6.07 Å². The highest BCUT2D eigenvalue weighted by molar-refractivity contribution is 7.89. The molecule has 2 aliphatic heterocycles. The van der Waals surface area contributed by atoms with Crippen molar-refractivity contribution < 1.29 is 17.9 Å². The van der Waals surface area contributed by atoms with Gasteiger partial charge in [-0.05, 0) is 50.9 Å². The molecule has 2 unspecified atom stereocenters. The number of halogens is 1. The van der Waals surface area contributed by atoms with Crippen molar-refractivity contribution in [2.45, 2.75) is 43.7 Å². The van der Waals surface area contributed by atoms with Crippen LogP contribution in [0, 0.1) is 6.92 Å². The first kappa shape index (κ1) is 22.1. The Bertz CT molecular complexity index is 766. The maximum atomic E-state index is 13.0. The van der Waals surface area contributed by atoms with Crippen LogP contribution in [0.3, 0.4) is 0 Å². The molecular weight excluding hydrogens is 390 g/mol. The number of piperidine rings is 1. The van der Waals surface area contributed by atoms with Crippen molar-refractivity contribution in [3.05, 3.63) is 29.3 Å². The summed E-state index contributed by atoms with van der Waals surface area (Å²) in [4.78, 5) is 12.9. The largest absolute Gasteiger partial charge is 0.379 e. The number of aryl methyl sites for hydroxylation is 1. The van der Waals surface area contributed by atoms with E-state index >= 15 is 0 Å². The Balaban J connectivity index is 0.00000261. The van der Waals surface area contributed by atoms with E-state index in [-0.39, 0.29) is 35.3 Å². The number of rotatable bonds is 4. The third-order valence-electron chi connectivity index (χ3n) is 5.12. The third-order valence-corrected chi connectivity index (χ3v) is 7.16. The first-order valence-electron chi connectivity index (χ1n) is 9.12. The van der Waals surface area contributed by atoms with Gasteiger partial charge in [0.2, 0.25) is 10.0 Å². The highest BCUT2D eigenvalue weighted by Crippen LogP contribution is 2.22. The van der Waals surface area contributed by atoms with Gasteiger partial charge in [-0.25, -0.2) is 8.42 Å². The summed E-state index contributed by atoms with van der Waals surface area (Å²) in [6.45, 7) is 6.22. The van der Waals surface area contributed by atoms with Gasteiger partial charge in [0, 0.05) is 30.7 Å². The lowest BCUT2D eigenvalue weighted by Gasteiger charge is -2.30. The molecule has 1 amide bonds. The average molecular weight is 418 g/mol. The molecule has 27 heavy (non-hydrogen) atoms. The average Bonchev–Trinajstić information content (AvgIpc) is 2.64. The predicted molar refractivity (Wildman–Crippen MR) is 106 cm³/mol. The molecular formula is C18H28ClN3O4S. The van der Waals surface area contributed by atoms with Crippen LogP contribution in [-0.4, -0.2) is 63.6 Å². The molecule has 0 radical (unpaired) electrons. The van der Waals surface area contributed by atoms with Crippen molar-refractivity contribution in [1.82, 2.24) is 14.9 Å². The van der Waals surface area contributed by atoms with E-state index in [2.05, 4.69) is 10.6 Å². The number of benzene rings is 1. The van der Waals surface area contributed by atoms with Crippen molar-refractivity contribution in [2.75, 3.05) is 32.8 Å². The van der Waals surface area contributed by atoms with E-state index in [0.717, 1.165) is 19.4 Å². The van der Waals surface area contributed by atoms with Crippen LogP contribution in [0.2, 0.25) is 0 Å². The maximum absolute atomic E-state index is 13.0. The van der Waals surface area contributed by atoms with Crippen LogP contribution in [0.15, 0.2) is 23.1 Å². The van der Waals surface area contributed by atoms with Gasteiger partial charge in [0.15, 0.2) is 0 Å². The van der Waals surface area contributed by atoms with Crippen molar-refractivity contribution in [1.29, 1.82) is 0 Å². The van der Waals surface area contributed by atoms with Crippen molar-refractivity contribution >= 4 is 28.3 Å². The van der Waals surface area contributed by atoms with Crippen LogP contribution in [-0.2, 0) is 14.8 Å². The van der Waals surface area contributed by atoms with Gasteiger partial charge in [-0.2, -0.15) is 4.31 Å². The van der Waals surface area contributed by atoms with Crippen LogP contribution < -0.4 is 10.6 Å². The molecule has 2 atom stereocenters. The first-order chi connectivity index (χ1) is 12.4. The van der Waals surface area contributed by atoms with Crippen LogP contribution >= 0.6 is 12.4 Å². The van der Waals surface area contributed by atoms with Gasteiger partial charge >= 0.3 is 0 Å². The minimum atomic E-state index is -3.63. The number of carbonyl (C=O) groups excluding carboxylic acids is 1. The summed E-state index contributed by atoms with van der Waals surface area (Å²) in [5.41, 5.74) is 1.01. The summed E-state index contributed by atoms with van der Waals surface area (Å²) in [6, 6.07) is 5.14. The van der Waals surface area contributed by atoms with E-state index in [1.54, 1.807) is 19.1 Å². The number of nitrogens with one attached hydrogen (secondary N) is 2. The Morgan fingerprint density at radius 3 is 2.67 bits per heavy atom. The Morgan fingerprint density at radius 2 is 2.00 bits per heavy atom. The smallest absolute Gasteiger partial charge is 0.251 e. The SMILES string of the molecule is Cc1ccc(C(=O)NC2CCCNC2C)cc1S(=O)(=O)N1CCOCC1.Cl. The lowest BCUT2D eigenvalue weighted by Crippen LogP contribution is -2.51. The summed E-state index contributed by atoms with van der Waals surface area (Å²) < 4.78 is 32.6. The van der Waals surface area contributed by atoms with Gasteiger partial charge in [0.05, 0.1) is 18.1 Å². The molecule has 0 aliphatic carbocycles. The lowest BCUT2D eigenvalue weighted by atomic mass is 9.99. The fourth-order valence-corrected chi connectivity index (χ4v) is 5.10. The summed E-state index contributed by atoms with van der Waals surface area (Å²) in [7, 11) is -3.63. The Hall–Kier alpha value is -1.19. The molecule has 152 valence electrons. The highest BCUT2D eigenvalue weighted by atomic mass is 35.5. The van der Waals surface area contributed by atoms with E-state index in [1.165, 1.54) is 10.4 Å². The zero-order valence-corrected chi connectivity index (χ0v) is 17.4. The van der Waals surface area contributed by atoms with E-state index in [9.17, 15) is 13.2 Å². The molecule has 3 rings (SSSR count). The Morgan fingerprint density at radius 1 is 1.30 bits per heavy atom. The second-order valence-corrected chi connectivity index (χ2v) is 8.87. The number of morpholine rings is 1. The van der Waals surface area contributed by atoms with Crippen molar-refractivity contribution in [3.63, 3.8) is 0 Å². The maximum Gasteiger partial charge on any atom is 0.251 e. The zero-order valence-electron chi connectivity index (χ0n) is 15.7. The molecule has 0 spiro atoms. The molecule has 0 aromatic heterocycles. The van der Waals surface area contributed by atoms with E-state index in [4.69, 9.17) is 4.74 Å². The van der Waals surface area contributed by atoms with Gasteiger partial charge in [-0.3, -0.25) is 4.79 Å². The molecule has 2 fully saturated rings. The Labute approximate surface area is 167 Å². The topological polar surface area (TPSA) is 87.7 Å². The van der Waals surface area contributed by atoms with Gasteiger partial charge in [0.25, 0.3) is 5.91 Å². The van der Waals surface area contributed by atoms with Gasteiger partial charge in [0.1, 0.15) is 0 Å². The van der Waals surface area contributed by atoms with E-state index in [1.807, 2.05) is 6.92 Å². The summed E-state index contributed by atoms with van der Waals surface area (Å²) in [6.07, 6.45) is 1.94. The highest BCUT2D eigenvalue weighted by Gasteiger charge is 2.29. The van der Waals surface area contributed by atoms with Crippen LogP contribution in [0.25, 0.3) is 0 Å². The first-order valence-corrected chi connectivity index (χ1v) is 10.6. The minimum Gasteiger partial charge on any atom is -0.379 e. The van der Waals surface area contributed by atoms with Gasteiger partial charge < -0.3 is 15.4 Å². The van der Waals surface area contributed by atoms with Crippen molar-refractivity contribution in [2.24, 2.45) is 0 Å². The number of ether oxygens (including phenoxy) is 1. The van der Waals surface area contributed by atoms with E-state index in [0.29, 0.717) is 37.4 Å². The second kappa shape index (κ2) is 9.34. The standard InChI is InChI=1S/C18H27N3O4S.ClH/c1-13-5-6-15(18(22)20-16-4-3-7-19-14(16)2)12-17(13)26(23,24)21-8-10-25-11-9-21;/h5-6,12,14,16,19H,3-4,7-11H2,1-2H3,(H,20,22);1H. The molecule has 2 saturated heterocycles. The monoisotopic (exact) mass is 417 g/mol. The number of nitrogens with zero attached hydrogens (tertiary/aromatic N) is 1. The predicted octanol–water partition coefficient (Wildman–Crippen LogP) is 1.31. The Kier molecular flexibility index (Phi) is 7.64. The number of amides is 1. The minimum absolute atomic E-state index is 0. The van der Waals surface area contributed by atoms with Crippen LogP contribution in [0.5, 0.6) is 0 Å². The molecule has 0 bridgehead atoms. The number of carbonyl (C=O) groups is 1. The number of sulfonamides is 1. The summed E-state index contributed by atoms with van der Waals surface area (Å²) >= 11 is 0. The van der Waals surface area contributed by atoms with Gasteiger partial charge in [-0.15, -0.1) is 12.4 Å². The zero-order chi connectivity index (χ0) is 18.7. The van der Waals surface area contributed by atoms with Crippen molar-refractivity contribution in [3.8, 4) is 0 Å². The molecule has 2 aliphatic rings. The molecule has 1 aromatic carbocycles. The molecule has 9 heteroatoms. The fourth-order valence-electron chi connectivity index (χ4n) is 3.44. The summed E-state index contributed by atoms with van der Waals surface area (Å²) in [5.74, 6) is -0.232. The molecule has 2 N–H and O–H groups in total. The molecule has 1 aromatic rings. The fraction of sp³-hybridized carbons (Fsp3) is 0.611. The van der Waals surface area contributed by atoms with Crippen LogP contribution in [0.4, 0.5) is 0 Å². The lowest BCUT2D eigenvalue weighted by molar-refractivity contribution is 0.0730. The third kappa shape index (κ3) is 5.00. The molecule has 7 nitrogen and oxygen atoms in total. The molecule has 0 saturated carbocycles. The van der Waals surface area contributed by atoms with Crippen LogP contribution in [0.1, 0.15) is 35.7 Å². The normalized spacial score (nSPS) is 24.1. The number of hydrogen-bond acceptors (Lipinski definition) is 5. The molecule has 2 heterocycles. The number of hydrogen-bond donors (Lipinski definition) is 2. The summed E-state index contributed by atoms with van der Waals surface area (Å²) in [5, 5.41) is 6.38.